The van der Waals surface area contributed by atoms with Gasteiger partial charge in [-0.1, -0.05) is 33.8 Å². The van der Waals surface area contributed by atoms with Gasteiger partial charge < -0.3 is 19.9 Å². The van der Waals surface area contributed by atoms with Crippen LogP contribution in [0.4, 0.5) is 0 Å². The lowest BCUT2D eigenvalue weighted by atomic mass is 9.74. The van der Waals surface area contributed by atoms with Crippen molar-refractivity contribution < 1.29 is 14.2 Å². The zero-order valence-electron chi connectivity index (χ0n) is 14.8. The van der Waals surface area contributed by atoms with Gasteiger partial charge in [-0.05, 0) is 23.6 Å². The molecule has 0 fully saturated rings. The van der Waals surface area contributed by atoms with Crippen molar-refractivity contribution in [2.75, 3.05) is 27.4 Å². The van der Waals surface area contributed by atoms with Crippen LogP contribution in [0.1, 0.15) is 39.7 Å². The Morgan fingerprint density at radius 3 is 2.32 bits per heavy atom. The molecule has 0 bridgehead atoms. The number of ether oxygens (including phenoxy) is 3. The Balaban J connectivity index is 2.98. The van der Waals surface area contributed by atoms with Gasteiger partial charge in [-0.25, -0.2) is 0 Å². The highest BCUT2D eigenvalue weighted by molar-refractivity contribution is 5.45. The number of hydrogen-bond acceptors (Lipinski definition) is 4. The van der Waals surface area contributed by atoms with E-state index in [9.17, 15) is 0 Å². The van der Waals surface area contributed by atoms with E-state index in [0.29, 0.717) is 19.1 Å². The van der Waals surface area contributed by atoms with E-state index in [0.717, 1.165) is 23.5 Å². The summed E-state index contributed by atoms with van der Waals surface area (Å²) in [5.74, 6) is 1.92. The highest BCUT2D eigenvalue weighted by atomic mass is 16.5. The maximum Gasteiger partial charge on any atom is 0.161 e. The van der Waals surface area contributed by atoms with E-state index in [-0.39, 0.29) is 11.5 Å². The summed E-state index contributed by atoms with van der Waals surface area (Å²) in [7, 11) is 3.35. The molecule has 4 nitrogen and oxygen atoms in total. The molecule has 0 aliphatic rings. The summed E-state index contributed by atoms with van der Waals surface area (Å²) in [6, 6.07) is 6.15. The van der Waals surface area contributed by atoms with Gasteiger partial charge in [-0.15, -0.1) is 0 Å². The van der Waals surface area contributed by atoms with Crippen LogP contribution in [0.2, 0.25) is 0 Å². The molecule has 0 amide bonds. The lowest BCUT2D eigenvalue weighted by Gasteiger charge is -2.35. The lowest BCUT2D eigenvalue weighted by molar-refractivity contribution is 0.170. The lowest BCUT2D eigenvalue weighted by Crippen LogP contribution is -2.44. The van der Waals surface area contributed by atoms with Gasteiger partial charge in [0.1, 0.15) is 0 Å². The average molecular weight is 309 g/mol. The minimum absolute atomic E-state index is 0.0715. The van der Waals surface area contributed by atoms with Crippen LogP contribution in [0.25, 0.3) is 0 Å². The molecular formula is C18H31NO3. The number of methoxy groups -OCH3 is 2. The maximum atomic E-state index is 6.40. The van der Waals surface area contributed by atoms with Gasteiger partial charge in [0.15, 0.2) is 11.5 Å². The zero-order valence-corrected chi connectivity index (χ0v) is 14.8. The molecule has 0 aliphatic carbocycles. The van der Waals surface area contributed by atoms with Crippen molar-refractivity contribution in [2.45, 2.75) is 45.6 Å². The molecule has 0 spiro atoms. The fourth-order valence-corrected chi connectivity index (χ4v) is 2.60. The van der Waals surface area contributed by atoms with Crippen molar-refractivity contribution >= 4 is 0 Å². The summed E-state index contributed by atoms with van der Waals surface area (Å²) in [6.45, 7) is 9.94. The molecule has 1 atom stereocenters. The Bertz CT molecular complexity index is 458. The van der Waals surface area contributed by atoms with Gasteiger partial charge >= 0.3 is 0 Å². The van der Waals surface area contributed by atoms with Crippen molar-refractivity contribution in [1.82, 2.24) is 0 Å². The normalized spacial score (nSPS) is 13.3. The molecule has 126 valence electrons. The van der Waals surface area contributed by atoms with Crippen molar-refractivity contribution in [1.29, 1.82) is 0 Å². The molecular weight excluding hydrogens is 278 g/mol. The second kappa shape index (κ2) is 8.39. The van der Waals surface area contributed by atoms with Crippen LogP contribution in [0, 0.1) is 5.92 Å². The Hall–Kier alpha value is -1.26. The quantitative estimate of drug-likeness (QED) is 0.711. The average Bonchev–Trinajstić information content (AvgIpc) is 2.50. The molecule has 0 saturated heterocycles. The minimum atomic E-state index is -0.134. The van der Waals surface area contributed by atoms with E-state index < -0.39 is 0 Å². The highest BCUT2D eigenvalue weighted by Gasteiger charge is 2.31. The molecule has 22 heavy (non-hydrogen) atoms. The number of rotatable bonds is 9. The van der Waals surface area contributed by atoms with Crippen LogP contribution < -0.4 is 15.2 Å². The van der Waals surface area contributed by atoms with E-state index in [4.69, 9.17) is 19.9 Å². The van der Waals surface area contributed by atoms with Crippen LogP contribution in [-0.2, 0) is 10.2 Å². The molecule has 0 heterocycles. The summed E-state index contributed by atoms with van der Waals surface area (Å²) < 4.78 is 16.3. The molecule has 1 rings (SSSR count). The Morgan fingerprint density at radius 2 is 1.77 bits per heavy atom. The molecule has 1 aromatic rings. The maximum absolute atomic E-state index is 6.40. The fourth-order valence-electron chi connectivity index (χ4n) is 2.60. The monoisotopic (exact) mass is 309 g/mol. The summed E-state index contributed by atoms with van der Waals surface area (Å²) >= 11 is 0. The summed E-state index contributed by atoms with van der Waals surface area (Å²) in [5, 5.41) is 0. The third kappa shape index (κ3) is 4.62. The first kappa shape index (κ1) is 18.8. The molecule has 0 saturated carbocycles. The minimum Gasteiger partial charge on any atom is -0.493 e. The predicted molar refractivity (Wildman–Crippen MR) is 90.8 cm³/mol. The Morgan fingerprint density at radius 1 is 1.09 bits per heavy atom. The third-order valence-electron chi connectivity index (χ3n) is 4.21. The van der Waals surface area contributed by atoms with Gasteiger partial charge in [0, 0.05) is 31.6 Å². The van der Waals surface area contributed by atoms with E-state index in [1.807, 2.05) is 12.1 Å². The first-order valence-electron chi connectivity index (χ1n) is 7.90. The molecule has 2 N–H and O–H groups in total. The van der Waals surface area contributed by atoms with Crippen LogP contribution >= 0.6 is 0 Å². The van der Waals surface area contributed by atoms with Gasteiger partial charge in [-0.2, -0.15) is 0 Å². The van der Waals surface area contributed by atoms with Crippen molar-refractivity contribution in [3.05, 3.63) is 23.8 Å². The second-order valence-electron chi connectivity index (χ2n) is 6.55. The summed E-state index contributed by atoms with van der Waals surface area (Å²) in [4.78, 5) is 0. The van der Waals surface area contributed by atoms with Gasteiger partial charge in [0.2, 0.25) is 0 Å². The molecule has 0 radical (unpaired) electrons. The van der Waals surface area contributed by atoms with Crippen molar-refractivity contribution in [2.24, 2.45) is 11.7 Å². The van der Waals surface area contributed by atoms with Gasteiger partial charge in [-0.3, -0.25) is 0 Å². The van der Waals surface area contributed by atoms with Gasteiger partial charge in [0.05, 0.1) is 13.7 Å². The fraction of sp³-hybridized carbons (Fsp3) is 0.667. The highest BCUT2D eigenvalue weighted by Crippen LogP contribution is 2.36. The zero-order chi connectivity index (χ0) is 16.8. The van der Waals surface area contributed by atoms with Crippen molar-refractivity contribution in [3.8, 4) is 11.5 Å². The van der Waals surface area contributed by atoms with Gasteiger partial charge in [0.25, 0.3) is 0 Å². The Labute approximate surface area is 134 Å². The number of benzene rings is 1. The third-order valence-corrected chi connectivity index (χ3v) is 4.21. The van der Waals surface area contributed by atoms with Crippen molar-refractivity contribution in [3.63, 3.8) is 0 Å². The smallest absolute Gasteiger partial charge is 0.161 e. The van der Waals surface area contributed by atoms with E-state index in [1.165, 1.54) is 0 Å². The van der Waals surface area contributed by atoms with E-state index >= 15 is 0 Å². The summed E-state index contributed by atoms with van der Waals surface area (Å²) in [6.07, 6.45) is 0.846. The number of nitrogens with two attached hydrogens (primary N) is 1. The van der Waals surface area contributed by atoms with E-state index in [2.05, 4.69) is 33.8 Å². The first-order chi connectivity index (χ1) is 10.3. The number of hydrogen-bond donors (Lipinski definition) is 1. The molecule has 1 unspecified atom stereocenters. The second-order valence-corrected chi connectivity index (χ2v) is 6.55. The first-order valence-corrected chi connectivity index (χ1v) is 7.90. The van der Waals surface area contributed by atoms with Crippen LogP contribution in [0.3, 0.4) is 0 Å². The SMILES string of the molecule is COCCCOc1cc(C(C)(C)C(N)C(C)C)ccc1OC. The van der Waals surface area contributed by atoms with Crippen LogP contribution in [0.5, 0.6) is 11.5 Å². The Kier molecular flexibility index (Phi) is 7.17. The van der Waals surface area contributed by atoms with Crippen LogP contribution in [-0.4, -0.2) is 33.5 Å². The largest absolute Gasteiger partial charge is 0.493 e. The van der Waals surface area contributed by atoms with E-state index in [1.54, 1.807) is 14.2 Å². The molecule has 0 aliphatic heterocycles. The molecule has 0 aromatic heterocycles. The summed E-state index contributed by atoms with van der Waals surface area (Å²) in [5.41, 5.74) is 7.43. The predicted octanol–water partition coefficient (Wildman–Crippen LogP) is 3.37. The van der Waals surface area contributed by atoms with Crippen LogP contribution in [0.15, 0.2) is 18.2 Å². The standard InChI is InChI=1S/C18H31NO3/c1-13(2)17(19)18(3,4)14-8-9-15(21-6)16(12-14)22-11-7-10-20-5/h8-9,12-13,17H,7,10-11,19H2,1-6H3. The molecule has 4 heteroatoms. The molecule has 1 aromatic carbocycles. The topological polar surface area (TPSA) is 53.7 Å².